The molecule has 1 aromatic heterocycles. The van der Waals surface area contributed by atoms with Crippen LogP contribution < -0.4 is 10.6 Å². The monoisotopic (exact) mass is 537 g/mol. The smallest absolute Gasteiger partial charge is 0.255 e. The number of benzene rings is 3. The van der Waals surface area contributed by atoms with E-state index in [1.165, 1.54) is 23.1 Å². The molecule has 0 saturated carbocycles. The topological polar surface area (TPSA) is 71.1 Å². The summed E-state index contributed by atoms with van der Waals surface area (Å²) in [5, 5.41) is 8.25. The summed E-state index contributed by atoms with van der Waals surface area (Å²) in [6.07, 6.45) is 0. The number of carbonyl (C=O) groups is 2. The number of halogens is 1. The average Bonchev–Trinajstić information content (AvgIpc) is 3.27. The van der Waals surface area contributed by atoms with Gasteiger partial charge >= 0.3 is 0 Å². The van der Waals surface area contributed by atoms with Gasteiger partial charge in [-0.25, -0.2) is 4.98 Å². The van der Waals surface area contributed by atoms with E-state index >= 15 is 0 Å². The van der Waals surface area contributed by atoms with E-state index < -0.39 is 0 Å². The molecule has 4 aromatic rings. The summed E-state index contributed by atoms with van der Waals surface area (Å²) in [5.41, 5.74) is 4.20. The lowest BCUT2D eigenvalue weighted by Crippen LogP contribution is -2.13. The van der Waals surface area contributed by atoms with E-state index in [4.69, 9.17) is 0 Å². The molecule has 2 N–H and O–H groups in total. The second-order valence-corrected chi connectivity index (χ2v) is 10.1. The Morgan fingerprint density at radius 1 is 1.00 bits per heavy atom. The summed E-state index contributed by atoms with van der Waals surface area (Å²) in [7, 11) is 0. The van der Waals surface area contributed by atoms with Crippen molar-refractivity contribution in [3.8, 4) is 11.3 Å². The molecule has 166 valence electrons. The second kappa shape index (κ2) is 10.8. The Bertz CT molecular complexity index is 1270. The molecule has 1 heterocycles. The van der Waals surface area contributed by atoms with Crippen LogP contribution in [0, 0.1) is 6.92 Å². The highest BCUT2D eigenvalue weighted by molar-refractivity contribution is 9.10. The first-order valence-corrected chi connectivity index (χ1v) is 12.7. The van der Waals surface area contributed by atoms with Gasteiger partial charge in [0, 0.05) is 31.6 Å². The lowest BCUT2D eigenvalue weighted by molar-refractivity contribution is -0.113. The normalized spacial score (nSPS) is 10.6. The Hall–Kier alpha value is -2.94. The number of hydrogen-bond donors (Lipinski definition) is 2. The molecule has 3 aromatic carbocycles. The number of nitrogens with one attached hydrogen (secondary N) is 2. The van der Waals surface area contributed by atoms with Gasteiger partial charge in [-0.15, -0.1) is 23.1 Å². The molecule has 0 fully saturated rings. The predicted molar refractivity (Wildman–Crippen MR) is 140 cm³/mol. The second-order valence-electron chi connectivity index (χ2n) is 7.23. The van der Waals surface area contributed by atoms with E-state index in [0.29, 0.717) is 16.4 Å². The van der Waals surface area contributed by atoms with Crippen LogP contribution in [0.25, 0.3) is 11.3 Å². The van der Waals surface area contributed by atoms with Gasteiger partial charge in [0.25, 0.3) is 5.91 Å². The van der Waals surface area contributed by atoms with Crippen LogP contribution in [-0.4, -0.2) is 22.6 Å². The maximum Gasteiger partial charge on any atom is 0.255 e. The van der Waals surface area contributed by atoms with E-state index in [0.717, 1.165) is 26.2 Å². The largest absolute Gasteiger partial charge is 0.322 e. The Kier molecular flexibility index (Phi) is 7.59. The molecule has 0 atom stereocenters. The van der Waals surface area contributed by atoms with Crippen molar-refractivity contribution in [2.75, 3.05) is 16.4 Å². The predicted octanol–water partition coefficient (Wildman–Crippen LogP) is 6.86. The molecular formula is C25H20BrN3O2S2. The summed E-state index contributed by atoms with van der Waals surface area (Å²) in [4.78, 5) is 30.2. The number of carbonyl (C=O) groups excluding carboxylic acids is 2. The summed E-state index contributed by atoms with van der Waals surface area (Å²) in [6.45, 7) is 1.95. The van der Waals surface area contributed by atoms with E-state index in [9.17, 15) is 9.59 Å². The maximum absolute atomic E-state index is 12.4. The molecule has 0 spiro atoms. The number of hydrogen-bond acceptors (Lipinski definition) is 5. The molecule has 2 amide bonds. The average molecular weight is 538 g/mol. The Labute approximate surface area is 208 Å². The number of aryl methyl sites for hydroxylation is 1. The minimum atomic E-state index is -0.149. The molecule has 0 aliphatic carbocycles. The summed E-state index contributed by atoms with van der Waals surface area (Å²) in [6, 6.07) is 22.8. The van der Waals surface area contributed by atoms with Crippen LogP contribution >= 0.6 is 39.0 Å². The standard InChI is InChI=1S/C25H20BrN3O2S2/c1-16-3-2-4-18(13-16)24(31)27-20-9-11-21(12-10-20)32-15-23(30)29-25-28-22(14-33-25)17-5-7-19(26)8-6-17/h2-14H,15H2,1H3,(H,27,31)(H,28,29,30). The first kappa shape index (κ1) is 23.2. The molecule has 0 bridgehead atoms. The number of nitrogens with zero attached hydrogens (tertiary/aromatic N) is 1. The van der Waals surface area contributed by atoms with E-state index in [-0.39, 0.29) is 17.6 Å². The minimum Gasteiger partial charge on any atom is -0.322 e. The number of anilines is 2. The number of aromatic nitrogens is 1. The first-order valence-electron chi connectivity index (χ1n) is 10.1. The van der Waals surface area contributed by atoms with Crippen molar-refractivity contribution < 1.29 is 9.59 Å². The zero-order valence-electron chi connectivity index (χ0n) is 17.7. The van der Waals surface area contributed by atoms with Crippen LogP contribution in [0.5, 0.6) is 0 Å². The Morgan fingerprint density at radius 3 is 2.48 bits per heavy atom. The highest BCUT2D eigenvalue weighted by Gasteiger charge is 2.10. The highest BCUT2D eigenvalue weighted by Crippen LogP contribution is 2.27. The quantitative estimate of drug-likeness (QED) is 0.252. The molecule has 0 aliphatic heterocycles. The molecule has 33 heavy (non-hydrogen) atoms. The molecule has 0 unspecified atom stereocenters. The molecular weight excluding hydrogens is 518 g/mol. The van der Waals surface area contributed by atoms with Crippen molar-refractivity contribution in [3.63, 3.8) is 0 Å². The lowest BCUT2D eigenvalue weighted by atomic mass is 10.1. The number of rotatable bonds is 7. The summed E-state index contributed by atoms with van der Waals surface area (Å²) >= 11 is 6.25. The van der Waals surface area contributed by atoms with Crippen molar-refractivity contribution in [1.29, 1.82) is 0 Å². The Morgan fingerprint density at radius 2 is 1.76 bits per heavy atom. The van der Waals surface area contributed by atoms with Gasteiger partial charge in [0.05, 0.1) is 11.4 Å². The molecule has 5 nitrogen and oxygen atoms in total. The van der Waals surface area contributed by atoms with Crippen molar-refractivity contribution in [1.82, 2.24) is 4.98 Å². The Balaban J connectivity index is 1.27. The van der Waals surface area contributed by atoms with Crippen molar-refractivity contribution in [2.24, 2.45) is 0 Å². The van der Waals surface area contributed by atoms with Gasteiger partial charge in [-0.3, -0.25) is 9.59 Å². The third-order valence-electron chi connectivity index (χ3n) is 4.65. The van der Waals surface area contributed by atoms with E-state index in [2.05, 4.69) is 31.5 Å². The van der Waals surface area contributed by atoms with Crippen molar-refractivity contribution in [2.45, 2.75) is 11.8 Å². The number of thiazole rings is 1. The summed E-state index contributed by atoms with van der Waals surface area (Å²) in [5.74, 6) is 0.000296. The van der Waals surface area contributed by atoms with Gasteiger partial charge in [-0.05, 0) is 55.5 Å². The van der Waals surface area contributed by atoms with Gasteiger partial charge in [-0.1, -0.05) is 45.8 Å². The van der Waals surface area contributed by atoms with Crippen LogP contribution in [0.1, 0.15) is 15.9 Å². The van der Waals surface area contributed by atoms with Crippen molar-refractivity contribution >= 4 is 61.7 Å². The zero-order chi connectivity index (χ0) is 23.2. The fourth-order valence-corrected chi connectivity index (χ4v) is 4.71. The molecule has 0 saturated heterocycles. The molecule has 4 rings (SSSR count). The maximum atomic E-state index is 12.4. The SMILES string of the molecule is Cc1cccc(C(=O)Nc2ccc(SCC(=O)Nc3nc(-c4ccc(Br)cc4)cs3)cc2)c1. The minimum absolute atomic E-state index is 0.117. The molecule has 0 radical (unpaired) electrons. The molecule has 0 aliphatic rings. The van der Waals surface area contributed by atoms with Gasteiger partial charge in [0.15, 0.2) is 5.13 Å². The summed E-state index contributed by atoms with van der Waals surface area (Å²) < 4.78 is 1.01. The van der Waals surface area contributed by atoms with Crippen LogP contribution in [0.2, 0.25) is 0 Å². The highest BCUT2D eigenvalue weighted by atomic mass is 79.9. The van der Waals surface area contributed by atoms with Crippen LogP contribution in [0.15, 0.2) is 87.5 Å². The third-order valence-corrected chi connectivity index (χ3v) is 6.95. The van der Waals surface area contributed by atoms with Crippen LogP contribution in [0.3, 0.4) is 0 Å². The fraction of sp³-hybridized carbons (Fsp3) is 0.0800. The van der Waals surface area contributed by atoms with Gasteiger partial charge in [-0.2, -0.15) is 0 Å². The number of thioether (sulfide) groups is 1. The van der Waals surface area contributed by atoms with E-state index in [1.54, 1.807) is 6.07 Å². The third kappa shape index (κ3) is 6.54. The van der Waals surface area contributed by atoms with Gasteiger partial charge in [0.2, 0.25) is 5.91 Å². The van der Waals surface area contributed by atoms with Crippen LogP contribution in [-0.2, 0) is 4.79 Å². The van der Waals surface area contributed by atoms with E-state index in [1.807, 2.05) is 79.0 Å². The zero-order valence-corrected chi connectivity index (χ0v) is 20.9. The van der Waals surface area contributed by atoms with Crippen molar-refractivity contribution in [3.05, 3.63) is 93.8 Å². The fourth-order valence-electron chi connectivity index (χ4n) is 3.01. The lowest BCUT2D eigenvalue weighted by Gasteiger charge is -2.07. The first-order chi connectivity index (χ1) is 16.0. The number of amides is 2. The van der Waals surface area contributed by atoms with Crippen LogP contribution in [0.4, 0.5) is 10.8 Å². The molecule has 8 heteroatoms. The van der Waals surface area contributed by atoms with Gasteiger partial charge < -0.3 is 10.6 Å². The van der Waals surface area contributed by atoms with Gasteiger partial charge in [0.1, 0.15) is 0 Å².